The molecule has 0 spiro atoms. The maximum Gasteiger partial charge on any atom is 0.120 e. The van der Waals surface area contributed by atoms with Crippen LogP contribution in [0.3, 0.4) is 0 Å². The van der Waals surface area contributed by atoms with Crippen LogP contribution in [-0.2, 0) is 19.6 Å². The standard InChI is InChI=1S/C16H16BrNO/c17-14-5-2-6-15(9-14)19-11-13-4-1-3-12-7-8-18-10-16(12)13/h1-6,9,18H,7-8,10-11H2. The van der Waals surface area contributed by atoms with Gasteiger partial charge in [-0.3, -0.25) is 0 Å². The van der Waals surface area contributed by atoms with Gasteiger partial charge in [0.1, 0.15) is 12.4 Å². The molecule has 0 radical (unpaired) electrons. The third kappa shape index (κ3) is 2.99. The highest BCUT2D eigenvalue weighted by atomic mass is 79.9. The molecule has 0 aliphatic carbocycles. The fraction of sp³-hybridized carbons (Fsp3) is 0.250. The van der Waals surface area contributed by atoms with E-state index in [1.54, 1.807) is 0 Å². The summed E-state index contributed by atoms with van der Waals surface area (Å²) in [5, 5.41) is 3.43. The van der Waals surface area contributed by atoms with Gasteiger partial charge in [0, 0.05) is 11.0 Å². The van der Waals surface area contributed by atoms with Gasteiger partial charge in [-0.2, -0.15) is 0 Å². The van der Waals surface area contributed by atoms with Crippen LogP contribution in [0.25, 0.3) is 0 Å². The summed E-state index contributed by atoms with van der Waals surface area (Å²) in [4.78, 5) is 0. The largest absolute Gasteiger partial charge is 0.489 e. The van der Waals surface area contributed by atoms with E-state index in [0.29, 0.717) is 6.61 Å². The Bertz CT molecular complexity index is 583. The molecule has 19 heavy (non-hydrogen) atoms. The summed E-state index contributed by atoms with van der Waals surface area (Å²) < 4.78 is 6.92. The van der Waals surface area contributed by atoms with Gasteiger partial charge in [-0.25, -0.2) is 0 Å². The first-order valence-corrected chi connectivity index (χ1v) is 7.31. The Balaban J connectivity index is 1.77. The lowest BCUT2D eigenvalue weighted by Crippen LogP contribution is -2.25. The van der Waals surface area contributed by atoms with Crippen LogP contribution in [0.1, 0.15) is 16.7 Å². The fourth-order valence-corrected chi connectivity index (χ4v) is 2.82. The van der Waals surface area contributed by atoms with E-state index in [9.17, 15) is 0 Å². The lowest BCUT2D eigenvalue weighted by atomic mass is 9.96. The predicted molar refractivity (Wildman–Crippen MR) is 80.3 cm³/mol. The van der Waals surface area contributed by atoms with Crippen LogP contribution < -0.4 is 10.1 Å². The van der Waals surface area contributed by atoms with Crippen molar-refractivity contribution < 1.29 is 4.74 Å². The summed E-state index contributed by atoms with van der Waals surface area (Å²) in [5.41, 5.74) is 4.14. The Morgan fingerprint density at radius 2 is 2.05 bits per heavy atom. The molecule has 1 heterocycles. The Morgan fingerprint density at radius 1 is 1.16 bits per heavy atom. The van der Waals surface area contributed by atoms with Crippen molar-refractivity contribution in [3.8, 4) is 5.75 Å². The zero-order chi connectivity index (χ0) is 13.1. The normalized spacial score (nSPS) is 13.9. The molecule has 3 rings (SSSR count). The van der Waals surface area contributed by atoms with Gasteiger partial charge in [-0.15, -0.1) is 0 Å². The highest BCUT2D eigenvalue weighted by Crippen LogP contribution is 2.22. The number of benzene rings is 2. The van der Waals surface area contributed by atoms with Crippen LogP contribution in [-0.4, -0.2) is 6.54 Å². The number of fused-ring (bicyclic) bond motifs is 1. The molecule has 1 aliphatic heterocycles. The van der Waals surface area contributed by atoms with Gasteiger partial charge in [-0.05, 0) is 47.9 Å². The molecular formula is C16H16BrNO. The van der Waals surface area contributed by atoms with Gasteiger partial charge in [0.05, 0.1) is 0 Å². The minimum atomic E-state index is 0.626. The van der Waals surface area contributed by atoms with Crippen molar-refractivity contribution in [2.75, 3.05) is 6.54 Å². The molecule has 0 amide bonds. The highest BCUT2D eigenvalue weighted by Gasteiger charge is 2.12. The Kier molecular flexibility index (Phi) is 3.85. The van der Waals surface area contributed by atoms with Gasteiger partial charge < -0.3 is 10.1 Å². The smallest absolute Gasteiger partial charge is 0.120 e. The van der Waals surface area contributed by atoms with Crippen molar-refractivity contribution in [3.63, 3.8) is 0 Å². The number of rotatable bonds is 3. The molecule has 0 atom stereocenters. The molecular weight excluding hydrogens is 302 g/mol. The summed E-state index contributed by atoms with van der Waals surface area (Å²) in [5.74, 6) is 0.899. The van der Waals surface area contributed by atoms with Crippen molar-refractivity contribution >= 4 is 15.9 Å². The lowest BCUT2D eigenvalue weighted by molar-refractivity contribution is 0.304. The highest BCUT2D eigenvalue weighted by molar-refractivity contribution is 9.10. The molecule has 0 aromatic heterocycles. The zero-order valence-corrected chi connectivity index (χ0v) is 12.2. The third-order valence-corrected chi connectivity index (χ3v) is 3.93. The second-order valence-corrected chi connectivity index (χ2v) is 5.64. The molecule has 0 saturated carbocycles. The SMILES string of the molecule is Brc1cccc(OCc2cccc3c2CNCC3)c1. The topological polar surface area (TPSA) is 21.3 Å². The van der Waals surface area contributed by atoms with Crippen LogP contribution in [0.15, 0.2) is 46.9 Å². The van der Waals surface area contributed by atoms with E-state index < -0.39 is 0 Å². The van der Waals surface area contributed by atoms with Crippen LogP contribution in [0.4, 0.5) is 0 Å². The number of hydrogen-bond donors (Lipinski definition) is 1. The van der Waals surface area contributed by atoms with Crippen molar-refractivity contribution in [1.82, 2.24) is 5.32 Å². The van der Waals surface area contributed by atoms with Gasteiger partial charge in [0.15, 0.2) is 0 Å². The van der Waals surface area contributed by atoms with E-state index in [-0.39, 0.29) is 0 Å². The second kappa shape index (κ2) is 5.76. The monoisotopic (exact) mass is 317 g/mol. The third-order valence-electron chi connectivity index (χ3n) is 3.43. The summed E-state index contributed by atoms with van der Waals surface area (Å²) in [6.07, 6.45) is 1.11. The van der Waals surface area contributed by atoms with Crippen LogP contribution in [0, 0.1) is 0 Å². The lowest BCUT2D eigenvalue weighted by Gasteiger charge is -2.20. The molecule has 1 N–H and O–H groups in total. The Labute approximate surface area is 121 Å². The van der Waals surface area contributed by atoms with Crippen LogP contribution in [0.5, 0.6) is 5.75 Å². The first-order chi connectivity index (χ1) is 9.33. The number of ether oxygens (including phenoxy) is 1. The van der Waals surface area contributed by atoms with E-state index in [4.69, 9.17) is 4.74 Å². The van der Waals surface area contributed by atoms with E-state index in [1.165, 1.54) is 16.7 Å². The average Bonchev–Trinajstić information content (AvgIpc) is 2.45. The van der Waals surface area contributed by atoms with Crippen molar-refractivity contribution in [3.05, 3.63) is 63.6 Å². The molecule has 98 valence electrons. The summed E-state index contributed by atoms with van der Waals surface area (Å²) >= 11 is 3.46. The maximum absolute atomic E-state index is 5.88. The molecule has 3 heteroatoms. The Morgan fingerprint density at radius 3 is 2.95 bits per heavy atom. The van der Waals surface area contributed by atoms with Crippen molar-refractivity contribution in [2.24, 2.45) is 0 Å². The minimum absolute atomic E-state index is 0.626. The van der Waals surface area contributed by atoms with E-state index in [1.807, 2.05) is 24.3 Å². The van der Waals surface area contributed by atoms with Gasteiger partial charge >= 0.3 is 0 Å². The summed E-state index contributed by atoms with van der Waals surface area (Å²) in [6.45, 7) is 2.65. The maximum atomic E-state index is 5.88. The number of hydrogen-bond acceptors (Lipinski definition) is 2. The molecule has 0 bridgehead atoms. The van der Waals surface area contributed by atoms with Crippen LogP contribution >= 0.6 is 15.9 Å². The zero-order valence-electron chi connectivity index (χ0n) is 10.7. The first kappa shape index (κ1) is 12.7. The molecule has 0 fully saturated rings. The predicted octanol–water partition coefficient (Wildman–Crippen LogP) is 3.67. The van der Waals surface area contributed by atoms with E-state index in [2.05, 4.69) is 39.4 Å². The van der Waals surface area contributed by atoms with E-state index in [0.717, 1.165) is 29.7 Å². The average molecular weight is 318 g/mol. The molecule has 1 aliphatic rings. The second-order valence-electron chi connectivity index (χ2n) is 4.73. The fourth-order valence-electron chi connectivity index (χ4n) is 2.44. The number of halogens is 1. The Hall–Kier alpha value is -1.32. The quantitative estimate of drug-likeness (QED) is 0.932. The molecule has 2 nitrogen and oxygen atoms in total. The van der Waals surface area contributed by atoms with E-state index >= 15 is 0 Å². The molecule has 0 unspecified atom stereocenters. The summed E-state index contributed by atoms with van der Waals surface area (Å²) in [7, 11) is 0. The molecule has 2 aromatic carbocycles. The molecule has 0 saturated heterocycles. The number of nitrogens with one attached hydrogen (secondary N) is 1. The summed E-state index contributed by atoms with van der Waals surface area (Å²) in [6, 6.07) is 14.5. The molecule has 2 aromatic rings. The van der Waals surface area contributed by atoms with Crippen LogP contribution in [0.2, 0.25) is 0 Å². The van der Waals surface area contributed by atoms with Gasteiger partial charge in [-0.1, -0.05) is 40.2 Å². The minimum Gasteiger partial charge on any atom is -0.489 e. The van der Waals surface area contributed by atoms with Gasteiger partial charge in [0.2, 0.25) is 0 Å². The van der Waals surface area contributed by atoms with Crippen molar-refractivity contribution in [1.29, 1.82) is 0 Å². The van der Waals surface area contributed by atoms with Crippen molar-refractivity contribution in [2.45, 2.75) is 19.6 Å². The first-order valence-electron chi connectivity index (χ1n) is 6.51. The van der Waals surface area contributed by atoms with Gasteiger partial charge in [0.25, 0.3) is 0 Å².